The Kier molecular flexibility index (Phi) is 5.24. The second kappa shape index (κ2) is 8.14. The Balaban J connectivity index is 1.44. The summed E-state index contributed by atoms with van der Waals surface area (Å²) in [4.78, 5) is 12.6. The number of nitrogens with one attached hydrogen (secondary N) is 2. The SMILES string of the molecule is Cc1nn(Cc2ccccc2)c(C)c1CNC(=O)c1cc(-c2ccccc2)n[nH]1. The van der Waals surface area contributed by atoms with E-state index in [1.807, 2.05) is 67.1 Å². The number of benzene rings is 2. The molecular weight excluding hydrogens is 362 g/mol. The highest BCUT2D eigenvalue weighted by Crippen LogP contribution is 2.18. The number of H-pyrrole nitrogens is 1. The first-order valence-corrected chi connectivity index (χ1v) is 9.57. The van der Waals surface area contributed by atoms with Crippen LogP contribution in [0.3, 0.4) is 0 Å². The molecule has 0 atom stereocenters. The van der Waals surface area contributed by atoms with Crippen LogP contribution in [-0.4, -0.2) is 25.9 Å². The van der Waals surface area contributed by atoms with Gasteiger partial charge < -0.3 is 5.32 Å². The minimum atomic E-state index is -0.186. The van der Waals surface area contributed by atoms with Crippen molar-refractivity contribution in [3.05, 3.63) is 94.9 Å². The number of aryl methyl sites for hydroxylation is 1. The van der Waals surface area contributed by atoms with Gasteiger partial charge >= 0.3 is 0 Å². The zero-order valence-corrected chi connectivity index (χ0v) is 16.5. The van der Waals surface area contributed by atoms with E-state index in [-0.39, 0.29) is 5.91 Å². The first-order valence-electron chi connectivity index (χ1n) is 9.57. The molecule has 146 valence electrons. The zero-order valence-electron chi connectivity index (χ0n) is 16.5. The summed E-state index contributed by atoms with van der Waals surface area (Å²) < 4.78 is 1.98. The third-order valence-electron chi connectivity index (χ3n) is 5.02. The van der Waals surface area contributed by atoms with Crippen molar-refractivity contribution in [1.29, 1.82) is 0 Å². The van der Waals surface area contributed by atoms with Gasteiger partial charge in [0, 0.05) is 23.4 Å². The van der Waals surface area contributed by atoms with Crippen LogP contribution in [0, 0.1) is 13.8 Å². The second-order valence-corrected chi connectivity index (χ2v) is 7.01. The lowest BCUT2D eigenvalue weighted by atomic mass is 10.1. The number of hydrogen-bond acceptors (Lipinski definition) is 3. The fraction of sp³-hybridized carbons (Fsp3) is 0.174. The molecule has 2 heterocycles. The van der Waals surface area contributed by atoms with E-state index in [1.165, 1.54) is 5.56 Å². The standard InChI is InChI=1S/C23H23N5O/c1-16-20(17(2)28(27-16)15-18-9-5-3-6-10-18)14-24-23(29)22-13-21(25-26-22)19-11-7-4-8-12-19/h3-13H,14-15H2,1-2H3,(H,24,29)(H,25,26). The van der Waals surface area contributed by atoms with E-state index in [2.05, 4.69) is 32.7 Å². The maximum atomic E-state index is 12.6. The molecule has 1 amide bonds. The van der Waals surface area contributed by atoms with Crippen LogP contribution in [0.15, 0.2) is 66.7 Å². The molecule has 0 radical (unpaired) electrons. The van der Waals surface area contributed by atoms with E-state index < -0.39 is 0 Å². The first-order chi connectivity index (χ1) is 14.1. The van der Waals surface area contributed by atoms with E-state index in [4.69, 9.17) is 0 Å². The Morgan fingerprint density at radius 2 is 1.72 bits per heavy atom. The number of aromatic nitrogens is 4. The van der Waals surface area contributed by atoms with Gasteiger partial charge in [-0.1, -0.05) is 60.7 Å². The smallest absolute Gasteiger partial charge is 0.269 e. The van der Waals surface area contributed by atoms with Crippen molar-refractivity contribution in [3.63, 3.8) is 0 Å². The number of rotatable bonds is 6. The second-order valence-electron chi connectivity index (χ2n) is 7.01. The Hall–Kier alpha value is -3.67. The molecule has 4 aromatic rings. The van der Waals surface area contributed by atoms with Gasteiger partial charge in [-0.05, 0) is 25.5 Å². The molecule has 4 rings (SSSR count). The summed E-state index contributed by atoms with van der Waals surface area (Å²) in [5, 5.41) is 14.7. The van der Waals surface area contributed by atoms with E-state index in [0.717, 1.165) is 28.2 Å². The van der Waals surface area contributed by atoms with Gasteiger partial charge in [-0.2, -0.15) is 10.2 Å². The minimum Gasteiger partial charge on any atom is -0.347 e. The van der Waals surface area contributed by atoms with Gasteiger partial charge in [0.05, 0.1) is 17.9 Å². The van der Waals surface area contributed by atoms with E-state index in [0.29, 0.717) is 18.8 Å². The number of carbonyl (C=O) groups excluding carboxylic acids is 1. The normalized spacial score (nSPS) is 10.8. The van der Waals surface area contributed by atoms with Crippen molar-refractivity contribution >= 4 is 5.91 Å². The number of carbonyl (C=O) groups is 1. The molecule has 0 unspecified atom stereocenters. The van der Waals surface area contributed by atoms with Gasteiger partial charge in [0.25, 0.3) is 5.91 Å². The van der Waals surface area contributed by atoms with Gasteiger partial charge in [-0.15, -0.1) is 0 Å². The van der Waals surface area contributed by atoms with Gasteiger partial charge in [-0.3, -0.25) is 14.6 Å². The van der Waals surface area contributed by atoms with E-state index in [9.17, 15) is 4.79 Å². The highest BCUT2D eigenvalue weighted by Gasteiger charge is 2.15. The van der Waals surface area contributed by atoms with Crippen molar-refractivity contribution < 1.29 is 4.79 Å². The fourth-order valence-corrected chi connectivity index (χ4v) is 3.36. The molecule has 6 nitrogen and oxygen atoms in total. The number of nitrogens with zero attached hydrogens (tertiary/aromatic N) is 3. The van der Waals surface area contributed by atoms with Crippen molar-refractivity contribution in [2.75, 3.05) is 0 Å². The van der Waals surface area contributed by atoms with Crippen LogP contribution in [0.1, 0.15) is 33.0 Å². The molecular formula is C23H23N5O. The Morgan fingerprint density at radius 1 is 1.03 bits per heavy atom. The highest BCUT2D eigenvalue weighted by atomic mass is 16.1. The molecule has 0 aliphatic heterocycles. The van der Waals surface area contributed by atoms with Crippen LogP contribution in [0.4, 0.5) is 0 Å². The molecule has 0 saturated heterocycles. The van der Waals surface area contributed by atoms with Crippen molar-refractivity contribution in [2.45, 2.75) is 26.9 Å². The Bertz CT molecular complexity index is 1110. The lowest BCUT2D eigenvalue weighted by Gasteiger charge is -2.07. The average molecular weight is 385 g/mol. The molecule has 2 aromatic heterocycles. The first kappa shape index (κ1) is 18.7. The summed E-state index contributed by atoms with van der Waals surface area (Å²) in [5.41, 5.74) is 6.37. The Labute approximate surface area is 169 Å². The fourth-order valence-electron chi connectivity index (χ4n) is 3.36. The van der Waals surface area contributed by atoms with Crippen LogP contribution >= 0.6 is 0 Å². The topological polar surface area (TPSA) is 75.6 Å². The maximum absolute atomic E-state index is 12.6. The number of amides is 1. The molecule has 0 spiro atoms. The molecule has 6 heteroatoms. The summed E-state index contributed by atoms with van der Waals surface area (Å²) in [6.45, 7) is 5.14. The Morgan fingerprint density at radius 3 is 2.45 bits per heavy atom. The van der Waals surface area contributed by atoms with Crippen LogP contribution in [0.5, 0.6) is 0 Å². The summed E-state index contributed by atoms with van der Waals surface area (Å²) in [7, 11) is 0. The van der Waals surface area contributed by atoms with Crippen LogP contribution in [0.25, 0.3) is 11.3 Å². The summed E-state index contributed by atoms with van der Waals surface area (Å²) in [6.07, 6.45) is 0. The van der Waals surface area contributed by atoms with Crippen LogP contribution in [0.2, 0.25) is 0 Å². The predicted molar refractivity (Wildman–Crippen MR) is 112 cm³/mol. The third-order valence-corrected chi connectivity index (χ3v) is 5.02. The minimum absolute atomic E-state index is 0.186. The molecule has 0 saturated carbocycles. The van der Waals surface area contributed by atoms with Gasteiger partial charge in [0.15, 0.2) is 0 Å². The van der Waals surface area contributed by atoms with E-state index in [1.54, 1.807) is 6.07 Å². The summed E-state index contributed by atoms with van der Waals surface area (Å²) in [5.74, 6) is -0.186. The van der Waals surface area contributed by atoms with Crippen molar-refractivity contribution in [2.24, 2.45) is 0 Å². The zero-order chi connectivity index (χ0) is 20.2. The lowest BCUT2D eigenvalue weighted by molar-refractivity contribution is 0.0946. The van der Waals surface area contributed by atoms with Gasteiger partial charge in [-0.25, -0.2) is 0 Å². The molecule has 0 fully saturated rings. The molecule has 0 aliphatic rings. The summed E-state index contributed by atoms with van der Waals surface area (Å²) >= 11 is 0. The molecule has 29 heavy (non-hydrogen) atoms. The average Bonchev–Trinajstić information content (AvgIpc) is 3.34. The quantitative estimate of drug-likeness (QED) is 0.529. The predicted octanol–water partition coefficient (Wildman–Crippen LogP) is 3.87. The lowest BCUT2D eigenvalue weighted by Crippen LogP contribution is -2.23. The van der Waals surface area contributed by atoms with Gasteiger partial charge in [0.2, 0.25) is 0 Å². The van der Waals surface area contributed by atoms with Crippen LogP contribution in [-0.2, 0) is 13.1 Å². The molecule has 0 aliphatic carbocycles. The molecule has 0 bridgehead atoms. The highest BCUT2D eigenvalue weighted by molar-refractivity contribution is 5.93. The maximum Gasteiger partial charge on any atom is 0.269 e. The van der Waals surface area contributed by atoms with Crippen molar-refractivity contribution in [1.82, 2.24) is 25.3 Å². The molecule has 2 aromatic carbocycles. The van der Waals surface area contributed by atoms with Gasteiger partial charge in [0.1, 0.15) is 5.69 Å². The number of aromatic amines is 1. The summed E-state index contributed by atoms with van der Waals surface area (Å²) in [6, 6.07) is 21.8. The number of hydrogen-bond donors (Lipinski definition) is 2. The molecule has 2 N–H and O–H groups in total. The largest absolute Gasteiger partial charge is 0.347 e. The van der Waals surface area contributed by atoms with E-state index >= 15 is 0 Å². The van der Waals surface area contributed by atoms with Crippen LogP contribution < -0.4 is 5.32 Å². The van der Waals surface area contributed by atoms with Crippen molar-refractivity contribution in [3.8, 4) is 11.3 Å². The monoisotopic (exact) mass is 385 g/mol. The third kappa shape index (κ3) is 4.11.